The largest absolute Gasteiger partial charge is 0.480 e. The van der Waals surface area contributed by atoms with Crippen molar-refractivity contribution in [3.63, 3.8) is 0 Å². The number of benzene rings is 1. The molecule has 0 bridgehead atoms. The summed E-state index contributed by atoms with van der Waals surface area (Å²) in [6, 6.07) is 6.33. The Morgan fingerprint density at radius 1 is 1.38 bits per heavy atom. The molecule has 24 heavy (non-hydrogen) atoms. The number of nitrogens with one attached hydrogen (secondary N) is 1. The fourth-order valence-corrected chi connectivity index (χ4v) is 2.86. The van der Waals surface area contributed by atoms with E-state index >= 15 is 0 Å². The number of carbonyl (C=O) groups excluding carboxylic acids is 2. The van der Waals surface area contributed by atoms with Crippen LogP contribution in [-0.4, -0.2) is 41.6 Å². The van der Waals surface area contributed by atoms with Crippen molar-refractivity contribution in [1.29, 1.82) is 0 Å². The summed E-state index contributed by atoms with van der Waals surface area (Å²) in [4.78, 5) is 37.1. The summed E-state index contributed by atoms with van der Waals surface area (Å²) in [6.45, 7) is 1.85. The lowest BCUT2D eigenvalue weighted by Crippen LogP contribution is -2.47. The summed E-state index contributed by atoms with van der Waals surface area (Å²) in [6.07, 6.45) is 1.08. The van der Waals surface area contributed by atoms with E-state index in [1.807, 2.05) is 6.07 Å². The maximum Gasteiger partial charge on any atom is 0.326 e. The second-order valence-electron chi connectivity index (χ2n) is 6.19. The molecule has 0 radical (unpaired) electrons. The topological polar surface area (TPSA) is 95.9 Å². The van der Waals surface area contributed by atoms with Gasteiger partial charge in [0.15, 0.2) is 6.10 Å². The molecule has 0 aromatic heterocycles. The second kappa shape index (κ2) is 6.51. The van der Waals surface area contributed by atoms with Crippen molar-refractivity contribution >= 4 is 23.5 Å². The predicted octanol–water partition coefficient (Wildman–Crippen LogP) is 1.17. The molecule has 2 amide bonds. The van der Waals surface area contributed by atoms with Gasteiger partial charge < -0.3 is 20.1 Å². The van der Waals surface area contributed by atoms with Crippen LogP contribution in [0.1, 0.15) is 26.2 Å². The fourth-order valence-electron chi connectivity index (χ4n) is 2.86. The minimum Gasteiger partial charge on any atom is -0.480 e. The third-order valence-corrected chi connectivity index (χ3v) is 4.31. The van der Waals surface area contributed by atoms with Crippen LogP contribution in [0.25, 0.3) is 0 Å². The fraction of sp³-hybridized carbons (Fsp3) is 0.471. The van der Waals surface area contributed by atoms with Crippen LogP contribution in [0.3, 0.4) is 0 Å². The molecule has 7 heteroatoms. The number of carboxylic acid groups (broad SMARTS) is 1. The maximum atomic E-state index is 12.3. The number of para-hydroxylation sites is 2. The summed E-state index contributed by atoms with van der Waals surface area (Å²) in [7, 11) is 0. The first kappa shape index (κ1) is 16.3. The Balaban J connectivity index is 1.64. The van der Waals surface area contributed by atoms with Crippen LogP contribution < -0.4 is 15.0 Å². The Hall–Kier alpha value is -2.57. The number of rotatable bonds is 6. The average molecular weight is 332 g/mol. The number of aliphatic carboxylic acids is 1. The van der Waals surface area contributed by atoms with Crippen LogP contribution in [-0.2, 0) is 14.4 Å². The Morgan fingerprint density at radius 2 is 2.08 bits per heavy atom. The van der Waals surface area contributed by atoms with Gasteiger partial charge in [0.25, 0.3) is 5.91 Å². The third-order valence-electron chi connectivity index (χ3n) is 4.31. The van der Waals surface area contributed by atoms with Crippen LogP contribution in [0, 0.1) is 5.92 Å². The summed E-state index contributed by atoms with van der Waals surface area (Å²) < 4.78 is 5.55. The molecule has 0 spiro atoms. The van der Waals surface area contributed by atoms with Gasteiger partial charge >= 0.3 is 5.97 Å². The van der Waals surface area contributed by atoms with E-state index in [0.29, 0.717) is 11.4 Å². The molecule has 1 fully saturated rings. The highest BCUT2D eigenvalue weighted by molar-refractivity contribution is 6.00. The van der Waals surface area contributed by atoms with E-state index < -0.39 is 18.1 Å². The van der Waals surface area contributed by atoms with Gasteiger partial charge in [0, 0.05) is 13.0 Å². The number of carbonyl (C=O) groups is 3. The zero-order chi connectivity index (χ0) is 17.3. The lowest BCUT2D eigenvalue weighted by molar-refractivity contribution is -0.142. The molecule has 3 rings (SSSR count). The van der Waals surface area contributed by atoms with Gasteiger partial charge in [-0.25, -0.2) is 4.79 Å². The highest BCUT2D eigenvalue weighted by atomic mass is 16.5. The second-order valence-corrected chi connectivity index (χ2v) is 6.19. The van der Waals surface area contributed by atoms with E-state index in [4.69, 9.17) is 9.84 Å². The first-order valence-corrected chi connectivity index (χ1v) is 8.06. The van der Waals surface area contributed by atoms with E-state index in [9.17, 15) is 14.4 Å². The highest BCUT2D eigenvalue weighted by Crippen LogP contribution is 2.34. The Bertz CT molecular complexity index is 671. The molecule has 1 heterocycles. The molecule has 2 atom stereocenters. The smallest absolute Gasteiger partial charge is 0.326 e. The maximum absolute atomic E-state index is 12.3. The number of anilines is 1. The summed E-state index contributed by atoms with van der Waals surface area (Å²) in [5, 5.41) is 11.7. The standard InChI is InChI=1S/C17H20N2O5/c1-10-16(21)19(12-4-2-3-5-13(12)24-10)9-8-14(20)18-15(17(22)23)11-6-7-11/h2-5,10-11,15H,6-9H2,1H3,(H,18,20)(H,22,23). The number of carboxylic acids is 1. The summed E-state index contributed by atoms with van der Waals surface area (Å²) >= 11 is 0. The van der Waals surface area contributed by atoms with Gasteiger partial charge in [-0.2, -0.15) is 0 Å². The normalized spacial score (nSPS) is 20.8. The quantitative estimate of drug-likeness (QED) is 0.815. The van der Waals surface area contributed by atoms with Crippen molar-refractivity contribution < 1.29 is 24.2 Å². The van der Waals surface area contributed by atoms with Gasteiger partial charge in [-0.15, -0.1) is 0 Å². The first-order chi connectivity index (χ1) is 11.5. The number of fused-ring (bicyclic) bond motifs is 1. The first-order valence-electron chi connectivity index (χ1n) is 8.06. The van der Waals surface area contributed by atoms with Crippen molar-refractivity contribution in [3.8, 4) is 5.75 Å². The molecule has 0 saturated heterocycles. The molecular weight excluding hydrogens is 312 g/mol. The molecule has 1 aromatic rings. The molecule has 2 aliphatic rings. The lowest BCUT2D eigenvalue weighted by Gasteiger charge is -2.32. The Labute approximate surface area is 139 Å². The zero-order valence-corrected chi connectivity index (χ0v) is 13.4. The number of amides is 2. The molecule has 1 aliphatic carbocycles. The van der Waals surface area contributed by atoms with Crippen molar-refractivity contribution in [2.24, 2.45) is 5.92 Å². The van der Waals surface area contributed by atoms with Gasteiger partial charge in [0.05, 0.1) is 5.69 Å². The Kier molecular flexibility index (Phi) is 4.42. The predicted molar refractivity (Wildman–Crippen MR) is 85.8 cm³/mol. The average Bonchev–Trinajstić information content (AvgIpc) is 3.37. The van der Waals surface area contributed by atoms with E-state index in [1.165, 1.54) is 4.90 Å². The molecular formula is C17H20N2O5. The van der Waals surface area contributed by atoms with Crippen molar-refractivity contribution in [2.45, 2.75) is 38.3 Å². The van der Waals surface area contributed by atoms with Crippen molar-refractivity contribution in [3.05, 3.63) is 24.3 Å². The SMILES string of the molecule is CC1Oc2ccccc2N(CCC(=O)NC(C(=O)O)C2CC2)C1=O. The number of ether oxygens (including phenoxy) is 1. The number of nitrogens with zero attached hydrogens (tertiary/aromatic N) is 1. The van der Waals surface area contributed by atoms with Gasteiger partial charge in [-0.3, -0.25) is 9.59 Å². The van der Waals surface area contributed by atoms with Gasteiger partial charge in [-0.05, 0) is 37.8 Å². The van der Waals surface area contributed by atoms with E-state index in [-0.39, 0.29) is 30.7 Å². The Morgan fingerprint density at radius 3 is 2.75 bits per heavy atom. The molecule has 1 aliphatic heterocycles. The van der Waals surface area contributed by atoms with E-state index in [2.05, 4.69) is 5.32 Å². The molecule has 128 valence electrons. The lowest BCUT2D eigenvalue weighted by atomic mass is 10.1. The van der Waals surface area contributed by atoms with E-state index in [1.54, 1.807) is 25.1 Å². The van der Waals surface area contributed by atoms with Crippen LogP contribution in [0.15, 0.2) is 24.3 Å². The molecule has 2 unspecified atom stereocenters. The minimum atomic E-state index is -1.01. The van der Waals surface area contributed by atoms with Gasteiger partial charge in [0.2, 0.25) is 5.91 Å². The molecule has 1 aromatic carbocycles. The van der Waals surface area contributed by atoms with E-state index in [0.717, 1.165) is 12.8 Å². The highest BCUT2D eigenvalue weighted by Gasteiger charge is 2.37. The number of hydrogen-bond donors (Lipinski definition) is 2. The minimum absolute atomic E-state index is 0.0252. The van der Waals surface area contributed by atoms with Crippen LogP contribution in [0.2, 0.25) is 0 Å². The summed E-state index contributed by atoms with van der Waals surface area (Å²) in [5.74, 6) is -0.951. The number of hydrogen-bond acceptors (Lipinski definition) is 4. The molecule has 2 N–H and O–H groups in total. The monoisotopic (exact) mass is 332 g/mol. The summed E-state index contributed by atoms with van der Waals surface area (Å²) in [5.41, 5.74) is 0.630. The van der Waals surface area contributed by atoms with Crippen LogP contribution >= 0.6 is 0 Å². The van der Waals surface area contributed by atoms with Crippen molar-refractivity contribution in [1.82, 2.24) is 5.32 Å². The molecule has 7 nitrogen and oxygen atoms in total. The molecule has 1 saturated carbocycles. The van der Waals surface area contributed by atoms with Gasteiger partial charge in [-0.1, -0.05) is 12.1 Å². The van der Waals surface area contributed by atoms with Crippen LogP contribution in [0.4, 0.5) is 5.69 Å². The van der Waals surface area contributed by atoms with Gasteiger partial charge in [0.1, 0.15) is 11.8 Å². The third kappa shape index (κ3) is 3.34. The van der Waals surface area contributed by atoms with Crippen LogP contribution in [0.5, 0.6) is 5.75 Å². The zero-order valence-electron chi connectivity index (χ0n) is 13.4. The van der Waals surface area contributed by atoms with Crippen molar-refractivity contribution in [2.75, 3.05) is 11.4 Å².